The van der Waals surface area contributed by atoms with Crippen molar-refractivity contribution in [3.8, 4) is 11.3 Å². The third-order valence-corrected chi connectivity index (χ3v) is 5.89. The summed E-state index contributed by atoms with van der Waals surface area (Å²) >= 11 is 0. The summed E-state index contributed by atoms with van der Waals surface area (Å²) in [5.74, 6) is 0.866. The molecule has 0 aliphatic rings. The summed E-state index contributed by atoms with van der Waals surface area (Å²) < 4.78 is 15.4. The van der Waals surface area contributed by atoms with Crippen LogP contribution in [0.1, 0.15) is 43.4 Å². The molecule has 0 saturated heterocycles. The number of hydrogen-bond acceptors (Lipinski definition) is 5. The molecule has 2 atom stereocenters. The van der Waals surface area contributed by atoms with E-state index in [0.717, 1.165) is 35.4 Å². The van der Waals surface area contributed by atoms with Gasteiger partial charge >= 0.3 is 0 Å². The number of halogens is 1. The molecule has 7 heteroatoms. The van der Waals surface area contributed by atoms with Crippen molar-refractivity contribution in [1.82, 2.24) is 19.9 Å². The third-order valence-electron chi connectivity index (χ3n) is 5.89. The number of aliphatic hydroxyl groups excluding tert-OH is 1. The van der Waals surface area contributed by atoms with Crippen LogP contribution in [0.15, 0.2) is 66.9 Å². The number of anilines is 1. The number of fused-ring (bicyclic) bond motifs is 1. The zero-order valence-corrected chi connectivity index (χ0v) is 19.0. The van der Waals surface area contributed by atoms with Crippen LogP contribution in [0.25, 0.3) is 16.9 Å². The molecule has 2 aromatic heterocycles. The number of benzene rings is 2. The van der Waals surface area contributed by atoms with Crippen molar-refractivity contribution in [3.63, 3.8) is 0 Å². The van der Waals surface area contributed by atoms with Gasteiger partial charge in [0.2, 0.25) is 0 Å². The highest BCUT2D eigenvalue weighted by Crippen LogP contribution is 2.26. The highest BCUT2D eigenvalue weighted by Gasteiger charge is 2.12. The van der Waals surface area contributed by atoms with Crippen molar-refractivity contribution in [2.24, 2.45) is 0 Å². The monoisotopic (exact) mass is 447 g/mol. The second-order valence-electron chi connectivity index (χ2n) is 8.34. The third kappa shape index (κ3) is 5.56. The summed E-state index contributed by atoms with van der Waals surface area (Å²) in [7, 11) is 0. The highest BCUT2D eigenvalue weighted by atomic mass is 19.1. The summed E-state index contributed by atoms with van der Waals surface area (Å²) in [6.45, 7) is 5.87. The molecule has 4 rings (SSSR count). The van der Waals surface area contributed by atoms with Crippen molar-refractivity contribution in [1.29, 1.82) is 0 Å². The Kier molecular flexibility index (Phi) is 7.32. The summed E-state index contributed by atoms with van der Waals surface area (Å²) in [5, 5.41) is 20.2. The van der Waals surface area contributed by atoms with E-state index in [1.165, 1.54) is 17.7 Å². The topological polar surface area (TPSA) is 74.5 Å². The summed E-state index contributed by atoms with van der Waals surface area (Å²) in [6.07, 6.45) is 2.84. The van der Waals surface area contributed by atoms with E-state index in [1.54, 1.807) is 6.07 Å². The molecule has 6 nitrogen and oxygen atoms in total. The second kappa shape index (κ2) is 10.6. The van der Waals surface area contributed by atoms with Gasteiger partial charge in [-0.2, -0.15) is 0 Å². The average molecular weight is 448 g/mol. The molecule has 0 saturated carbocycles. The lowest BCUT2D eigenvalue weighted by molar-refractivity contribution is 0.291. The maximum Gasteiger partial charge on any atom is 0.154 e. The van der Waals surface area contributed by atoms with E-state index >= 15 is 0 Å². The molecular weight excluding hydrogens is 417 g/mol. The van der Waals surface area contributed by atoms with E-state index < -0.39 is 0 Å². The van der Waals surface area contributed by atoms with Crippen LogP contribution in [0.4, 0.5) is 10.2 Å². The Morgan fingerprint density at radius 2 is 1.82 bits per heavy atom. The summed E-state index contributed by atoms with van der Waals surface area (Å²) in [4.78, 5) is 4.49. The number of aliphatic hydroxyl groups is 1. The molecule has 2 aromatic carbocycles. The minimum Gasteiger partial charge on any atom is -0.395 e. The number of nitrogens with one attached hydrogen (secondary N) is 2. The number of aromatic nitrogens is 3. The summed E-state index contributed by atoms with van der Waals surface area (Å²) in [6, 6.07) is 18.8. The van der Waals surface area contributed by atoms with Gasteiger partial charge in [0.05, 0.1) is 24.5 Å². The smallest absolute Gasteiger partial charge is 0.154 e. The van der Waals surface area contributed by atoms with Gasteiger partial charge in [-0.25, -0.2) is 13.9 Å². The highest BCUT2D eigenvalue weighted by molar-refractivity contribution is 5.64. The Hall–Kier alpha value is -3.29. The molecule has 2 unspecified atom stereocenters. The quantitative estimate of drug-likeness (QED) is 0.305. The fraction of sp³-hybridized carbons (Fsp3) is 0.308. The minimum atomic E-state index is -0.249. The van der Waals surface area contributed by atoms with Crippen LogP contribution in [0.2, 0.25) is 0 Å². The van der Waals surface area contributed by atoms with Gasteiger partial charge < -0.3 is 15.7 Å². The Balaban J connectivity index is 1.50. The first-order valence-electron chi connectivity index (χ1n) is 11.3. The van der Waals surface area contributed by atoms with Crippen molar-refractivity contribution >= 4 is 11.5 Å². The van der Waals surface area contributed by atoms with Crippen molar-refractivity contribution in [2.45, 2.75) is 32.2 Å². The number of nitrogens with zero attached hydrogens (tertiary/aromatic N) is 3. The van der Waals surface area contributed by atoms with Gasteiger partial charge in [0, 0.05) is 12.1 Å². The number of hydrogen-bond donors (Lipinski definition) is 3. The van der Waals surface area contributed by atoms with Gasteiger partial charge in [-0.15, -0.1) is 5.10 Å². The maximum atomic E-state index is 13.6. The maximum absolute atomic E-state index is 13.6. The molecular formula is C26H30FN5O. The fourth-order valence-corrected chi connectivity index (χ4v) is 3.90. The molecule has 4 aromatic rings. The lowest BCUT2D eigenvalue weighted by Crippen LogP contribution is -2.20. The zero-order chi connectivity index (χ0) is 23.2. The number of rotatable bonds is 10. The Morgan fingerprint density at radius 3 is 2.58 bits per heavy atom. The first-order valence-corrected chi connectivity index (χ1v) is 11.3. The average Bonchev–Trinajstić information content (AvgIpc) is 3.25. The van der Waals surface area contributed by atoms with E-state index in [2.05, 4.69) is 46.8 Å². The van der Waals surface area contributed by atoms with Crippen LogP contribution >= 0.6 is 0 Å². The van der Waals surface area contributed by atoms with E-state index in [9.17, 15) is 4.39 Å². The molecule has 3 N–H and O–H groups in total. The SMILES string of the molecule is CC(CCNCCO)c1ccc(-c2cnc3ccc(NC(C)c4cccc(F)c4)nn23)cc1. The largest absolute Gasteiger partial charge is 0.395 e. The van der Waals surface area contributed by atoms with Gasteiger partial charge in [0.1, 0.15) is 11.6 Å². The molecule has 0 radical (unpaired) electrons. The van der Waals surface area contributed by atoms with E-state index in [1.807, 2.05) is 35.8 Å². The van der Waals surface area contributed by atoms with Crippen LogP contribution in [0.5, 0.6) is 0 Å². The van der Waals surface area contributed by atoms with Crippen LogP contribution < -0.4 is 10.6 Å². The number of imidazole rings is 1. The minimum absolute atomic E-state index is 0.0924. The van der Waals surface area contributed by atoms with E-state index in [4.69, 9.17) is 10.2 Å². The first-order chi connectivity index (χ1) is 16.0. The van der Waals surface area contributed by atoms with Gasteiger partial charge in [0.25, 0.3) is 0 Å². The first kappa shape index (κ1) is 22.9. The van der Waals surface area contributed by atoms with Gasteiger partial charge in [-0.05, 0) is 61.2 Å². The predicted molar refractivity (Wildman–Crippen MR) is 130 cm³/mol. The van der Waals surface area contributed by atoms with E-state index in [-0.39, 0.29) is 18.5 Å². The molecule has 172 valence electrons. The van der Waals surface area contributed by atoms with Crippen LogP contribution in [-0.4, -0.2) is 39.4 Å². The Bertz CT molecular complexity index is 1190. The normalized spacial score (nSPS) is 13.2. The van der Waals surface area contributed by atoms with Crippen LogP contribution in [0.3, 0.4) is 0 Å². The predicted octanol–water partition coefficient (Wildman–Crippen LogP) is 4.78. The molecule has 0 aliphatic heterocycles. The summed E-state index contributed by atoms with van der Waals surface area (Å²) in [5.41, 5.74) is 4.86. The van der Waals surface area contributed by atoms with Gasteiger partial charge in [-0.3, -0.25) is 0 Å². The zero-order valence-electron chi connectivity index (χ0n) is 19.0. The van der Waals surface area contributed by atoms with Crippen molar-refractivity contribution in [3.05, 3.63) is 83.8 Å². The molecule has 0 spiro atoms. The molecule has 0 amide bonds. The van der Waals surface area contributed by atoms with Gasteiger partial charge in [-0.1, -0.05) is 43.3 Å². The Morgan fingerprint density at radius 1 is 1.00 bits per heavy atom. The second-order valence-corrected chi connectivity index (χ2v) is 8.34. The molecule has 2 heterocycles. The molecule has 0 bridgehead atoms. The van der Waals surface area contributed by atoms with Crippen molar-refractivity contribution in [2.75, 3.05) is 25.0 Å². The van der Waals surface area contributed by atoms with Crippen LogP contribution in [0, 0.1) is 5.82 Å². The molecule has 0 aliphatic carbocycles. The lowest BCUT2D eigenvalue weighted by Gasteiger charge is -2.15. The molecule has 0 fully saturated rings. The van der Waals surface area contributed by atoms with E-state index in [0.29, 0.717) is 18.3 Å². The Labute approximate surface area is 193 Å². The van der Waals surface area contributed by atoms with Gasteiger partial charge in [0.15, 0.2) is 5.65 Å². The van der Waals surface area contributed by atoms with Crippen LogP contribution in [-0.2, 0) is 0 Å². The fourth-order valence-electron chi connectivity index (χ4n) is 3.90. The standard InChI is InChI=1S/C26H30FN5O/c1-18(12-13-28-14-15-33)20-6-8-21(9-7-20)24-17-29-26-11-10-25(31-32(24)26)30-19(2)22-4-3-5-23(27)16-22/h3-11,16-19,28,33H,12-15H2,1-2H3,(H,30,31). The lowest BCUT2D eigenvalue weighted by atomic mass is 9.96. The molecule has 33 heavy (non-hydrogen) atoms. The van der Waals surface area contributed by atoms with Crippen molar-refractivity contribution < 1.29 is 9.50 Å².